The van der Waals surface area contributed by atoms with E-state index in [9.17, 15) is 9.90 Å². The van der Waals surface area contributed by atoms with Gasteiger partial charge in [-0.3, -0.25) is 4.99 Å². The predicted molar refractivity (Wildman–Crippen MR) is 99.4 cm³/mol. The number of nitrogens with zero attached hydrogens (tertiary/aromatic N) is 3. The highest BCUT2D eigenvalue weighted by molar-refractivity contribution is 5.90. The Balaban J connectivity index is 1.83. The molecule has 0 spiro atoms. The second kappa shape index (κ2) is 7.85. The van der Waals surface area contributed by atoms with Crippen LogP contribution in [-0.2, 0) is 0 Å². The molecule has 26 heavy (non-hydrogen) atoms. The number of aromatic hydroxyl groups is 1. The summed E-state index contributed by atoms with van der Waals surface area (Å²) in [6, 6.07) is 20.3. The molecule has 0 bridgehead atoms. The van der Waals surface area contributed by atoms with E-state index in [0.717, 1.165) is 5.69 Å². The molecule has 0 aliphatic rings. The van der Waals surface area contributed by atoms with Crippen molar-refractivity contribution in [2.24, 2.45) is 15.2 Å². The van der Waals surface area contributed by atoms with E-state index in [1.807, 2.05) is 30.3 Å². The molecule has 0 heterocycles. The lowest BCUT2D eigenvalue weighted by molar-refractivity contribution is 0.0697. The fourth-order valence-electron chi connectivity index (χ4n) is 2.18. The maximum Gasteiger partial charge on any atom is 0.335 e. The SMILES string of the molecule is O=C(O)c1cccc(N=Cc2cc(N=Nc3ccccc3)ccc2O)c1. The average molecular weight is 345 g/mol. The van der Waals surface area contributed by atoms with Crippen molar-refractivity contribution < 1.29 is 15.0 Å². The Morgan fingerprint density at radius 2 is 1.54 bits per heavy atom. The summed E-state index contributed by atoms with van der Waals surface area (Å²) in [6.45, 7) is 0. The molecular weight excluding hydrogens is 330 g/mol. The Morgan fingerprint density at radius 3 is 2.31 bits per heavy atom. The van der Waals surface area contributed by atoms with Crippen LogP contribution in [0.1, 0.15) is 15.9 Å². The van der Waals surface area contributed by atoms with Crippen molar-refractivity contribution in [3.05, 3.63) is 83.9 Å². The van der Waals surface area contributed by atoms with Crippen LogP contribution in [0.15, 0.2) is 88.0 Å². The van der Waals surface area contributed by atoms with E-state index in [0.29, 0.717) is 16.9 Å². The van der Waals surface area contributed by atoms with Gasteiger partial charge < -0.3 is 10.2 Å². The molecule has 2 N–H and O–H groups in total. The molecule has 0 aliphatic carbocycles. The summed E-state index contributed by atoms with van der Waals surface area (Å²) in [7, 11) is 0. The van der Waals surface area contributed by atoms with Crippen LogP contribution in [-0.4, -0.2) is 22.4 Å². The van der Waals surface area contributed by atoms with Crippen LogP contribution in [0.5, 0.6) is 5.75 Å². The Bertz CT molecular complexity index is 983. The number of phenolic OH excluding ortho intramolecular Hbond substituents is 1. The maximum absolute atomic E-state index is 11.0. The highest BCUT2D eigenvalue weighted by Gasteiger charge is 2.03. The van der Waals surface area contributed by atoms with E-state index in [4.69, 9.17) is 5.11 Å². The van der Waals surface area contributed by atoms with Gasteiger partial charge in [-0.05, 0) is 48.5 Å². The van der Waals surface area contributed by atoms with Gasteiger partial charge in [0.1, 0.15) is 5.75 Å². The molecule has 0 unspecified atom stereocenters. The number of aromatic carboxylic acids is 1. The van der Waals surface area contributed by atoms with E-state index in [2.05, 4.69) is 15.2 Å². The fraction of sp³-hybridized carbons (Fsp3) is 0. The number of rotatable bonds is 5. The smallest absolute Gasteiger partial charge is 0.335 e. The number of benzene rings is 3. The minimum Gasteiger partial charge on any atom is -0.507 e. The lowest BCUT2D eigenvalue weighted by Gasteiger charge is -2.01. The molecule has 3 aromatic carbocycles. The van der Waals surface area contributed by atoms with E-state index in [1.165, 1.54) is 24.4 Å². The number of aliphatic imine (C=N–C) groups is 1. The van der Waals surface area contributed by atoms with Gasteiger partial charge in [0.15, 0.2) is 0 Å². The van der Waals surface area contributed by atoms with E-state index in [-0.39, 0.29) is 11.3 Å². The minimum atomic E-state index is -1.02. The lowest BCUT2D eigenvalue weighted by atomic mass is 10.2. The van der Waals surface area contributed by atoms with E-state index in [1.54, 1.807) is 24.3 Å². The van der Waals surface area contributed by atoms with Gasteiger partial charge in [-0.25, -0.2) is 4.79 Å². The Morgan fingerprint density at radius 1 is 0.808 bits per heavy atom. The monoisotopic (exact) mass is 345 g/mol. The van der Waals surface area contributed by atoms with Crippen LogP contribution in [0, 0.1) is 0 Å². The van der Waals surface area contributed by atoms with Crippen molar-refractivity contribution in [1.29, 1.82) is 0 Å². The topological polar surface area (TPSA) is 94.6 Å². The summed E-state index contributed by atoms with van der Waals surface area (Å²) < 4.78 is 0. The first kappa shape index (κ1) is 17.0. The molecule has 0 aliphatic heterocycles. The van der Waals surface area contributed by atoms with Gasteiger partial charge in [0, 0.05) is 11.8 Å². The molecule has 0 saturated heterocycles. The van der Waals surface area contributed by atoms with E-state index >= 15 is 0 Å². The molecule has 0 radical (unpaired) electrons. The summed E-state index contributed by atoms with van der Waals surface area (Å²) in [5.41, 5.74) is 2.36. The highest BCUT2D eigenvalue weighted by Crippen LogP contribution is 2.25. The van der Waals surface area contributed by atoms with Gasteiger partial charge in [0.05, 0.1) is 22.6 Å². The molecule has 6 heteroatoms. The second-order valence-electron chi connectivity index (χ2n) is 5.39. The number of hydrogen-bond acceptors (Lipinski definition) is 5. The molecule has 0 aromatic heterocycles. The summed E-state index contributed by atoms with van der Waals surface area (Å²) in [5, 5.41) is 27.3. The summed E-state index contributed by atoms with van der Waals surface area (Å²) in [5.74, 6) is -0.977. The Kier molecular flexibility index (Phi) is 5.14. The third kappa shape index (κ3) is 4.39. The normalized spacial score (nSPS) is 11.2. The van der Waals surface area contributed by atoms with Crippen molar-refractivity contribution in [2.75, 3.05) is 0 Å². The first-order chi connectivity index (χ1) is 12.6. The Labute approximate surface area is 149 Å². The first-order valence-electron chi connectivity index (χ1n) is 7.79. The molecule has 3 aromatic rings. The zero-order valence-corrected chi connectivity index (χ0v) is 13.6. The second-order valence-corrected chi connectivity index (χ2v) is 5.39. The molecule has 0 fully saturated rings. The molecule has 3 rings (SSSR count). The van der Waals surface area contributed by atoms with Gasteiger partial charge >= 0.3 is 5.97 Å². The third-order valence-corrected chi connectivity index (χ3v) is 3.49. The van der Waals surface area contributed by atoms with Crippen molar-refractivity contribution in [3.63, 3.8) is 0 Å². The van der Waals surface area contributed by atoms with Crippen molar-refractivity contribution in [1.82, 2.24) is 0 Å². The molecule has 0 amide bonds. The van der Waals surface area contributed by atoms with Crippen molar-refractivity contribution in [3.8, 4) is 5.75 Å². The van der Waals surface area contributed by atoms with Crippen LogP contribution in [0.2, 0.25) is 0 Å². The number of carbonyl (C=O) groups is 1. The largest absolute Gasteiger partial charge is 0.507 e. The predicted octanol–water partition coefficient (Wildman–Crippen LogP) is 5.26. The molecule has 128 valence electrons. The summed E-state index contributed by atoms with van der Waals surface area (Å²) >= 11 is 0. The number of phenols is 1. The lowest BCUT2D eigenvalue weighted by Crippen LogP contribution is -1.94. The fourth-order valence-corrected chi connectivity index (χ4v) is 2.18. The number of hydrogen-bond donors (Lipinski definition) is 2. The number of carboxylic acids is 1. The van der Waals surface area contributed by atoms with Crippen LogP contribution in [0.3, 0.4) is 0 Å². The third-order valence-electron chi connectivity index (χ3n) is 3.49. The van der Waals surface area contributed by atoms with Crippen LogP contribution in [0.25, 0.3) is 0 Å². The zero-order valence-electron chi connectivity index (χ0n) is 13.6. The Hall–Kier alpha value is -3.80. The maximum atomic E-state index is 11.0. The zero-order chi connectivity index (χ0) is 18.4. The van der Waals surface area contributed by atoms with Gasteiger partial charge in [-0.2, -0.15) is 10.2 Å². The average Bonchev–Trinajstić information content (AvgIpc) is 2.67. The van der Waals surface area contributed by atoms with Gasteiger partial charge in [-0.1, -0.05) is 24.3 Å². The quantitative estimate of drug-likeness (QED) is 0.488. The van der Waals surface area contributed by atoms with Crippen LogP contribution < -0.4 is 0 Å². The first-order valence-corrected chi connectivity index (χ1v) is 7.79. The summed E-state index contributed by atoms with van der Waals surface area (Å²) in [4.78, 5) is 15.2. The number of azo groups is 1. The molecule has 0 saturated carbocycles. The van der Waals surface area contributed by atoms with Gasteiger partial charge in [0.2, 0.25) is 0 Å². The highest BCUT2D eigenvalue weighted by atomic mass is 16.4. The molecule has 6 nitrogen and oxygen atoms in total. The van der Waals surface area contributed by atoms with Gasteiger partial charge in [-0.15, -0.1) is 0 Å². The van der Waals surface area contributed by atoms with Crippen molar-refractivity contribution >= 4 is 29.2 Å². The summed E-state index contributed by atoms with van der Waals surface area (Å²) in [6.07, 6.45) is 1.46. The standard InChI is InChI=1S/C20H15N3O3/c24-19-10-9-18(23-22-16-6-2-1-3-7-16)12-15(19)13-21-17-8-4-5-14(11-17)20(25)26/h1-13,24H,(H,25,26). The van der Waals surface area contributed by atoms with Gasteiger partial charge in [0.25, 0.3) is 0 Å². The molecule has 0 atom stereocenters. The molecular formula is C20H15N3O3. The van der Waals surface area contributed by atoms with Crippen LogP contribution in [0.4, 0.5) is 17.1 Å². The number of carboxylic acid groups (broad SMARTS) is 1. The van der Waals surface area contributed by atoms with Crippen LogP contribution >= 0.6 is 0 Å². The minimum absolute atomic E-state index is 0.0433. The van der Waals surface area contributed by atoms with E-state index < -0.39 is 5.97 Å². The van der Waals surface area contributed by atoms with Crippen molar-refractivity contribution in [2.45, 2.75) is 0 Å².